The van der Waals surface area contributed by atoms with Gasteiger partial charge in [0.05, 0.1) is 5.75 Å². The van der Waals surface area contributed by atoms with Gasteiger partial charge in [0.15, 0.2) is 0 Å². The minimum Gasteiger partial charge on any atom is -0.308 e. The standard InChI is InChI=1S/C15H28N2O2S/c1-20(18,19)11-10-17-13-14(6-2-3-7-14)16-12-15(17)8-4-5-9-15/h16H,2-13H2,1H3. The molecule has 3 aliphatic rings. The second kappa shape index (κ2) is 5.25. The van der Waals surface area contributed by atoms with Crippen LogP contribution in [0.25, 0.3) is 0 Å². The van der Waals surface area contributed by atoms with Gasteiger partial charge in [0.2, 0.25) is 0 Å². The lowest BCUT2D eigenvalue weighted by Crippen LogP contribution is -2.69. The minimum atomic E-state index is -2.87. The molecule has 0 aromatic carbocycles. The van der Waals surface area contributed by atoms with Crippen LogP contribution in [-0.4, -0.2) is 56.0 Å². The Labute approximate surface area is 123 Å². The Kier molecular flexibility index (Phi) is 3.89. The number of hydrogen-bond acceptors (Lipinski definition) is 4. The highest BCUT2D eigenvalue weighted by molar-refractivity contribution is 7.90. The van der Waals surface area contributed by atoms with E-state index >= 15 is 0 Å². The zero-order valence-electron chi connectivity index (χ0n) is 12.7. The Hall–Kier alpha value is -0.130. The van der Waals surface area contributed by atoms with Crippen molar-refractivity contribution in [1.82, 2.24) is 10.2 Å². The van der Waals surface area contributed by atoms with E-state index in [-0.39, 0.29) is 11.1 Å². The molecule has 2 spiro atoms. The molecule has 0 atom stereocenters. The van der Waals surface area contributed by atoms with E-state index in [4.69, 9.17) is 0 Å². The van der Waals surface area contributed by atoms with Gasteiger partial charge in [-0.1, -0.05) is 25.7 Å². The van der Waals surface area contributed by atoms with Gasteiger partial charge in [-0.15, -0.1) is 0 Å². The van der Waals surface area contributed by atoms with Crippen LogP contribution in [-0.2, 0) is 9.84 Å². The van der Waals surface area contributed by atoms with Crippen LogP contribution in [0.5, 0.6) is 0 Å². The molecular weight excluding hydrogens is 272 g/mol. The van der Waals surface area contributed by atoms with E-state index in [1.165, 1.54) is 57.6 Å². The number of nitrogens with one attached hydrogen (secondary N) is 1. The number of nitrogens with zero attached hydrogens (tertiary/aromatic N) is 1. The molecule has 0 bridgehead atoms. The summed E-state index contributed by atoms with van der Waals surface area (Å²) in [5.41, 5.74) is 0.532. The van der Waals surface area contributed by atoms with Crippen molar-refractivity contribution >= 4 is 9.84 Å². The Balaban J connectivity index is 1.75. The summed E-state index contributed by atoms with van der Waals surface area (Å²) in [6.07, 6.45) is 11.6. The van der Waals surface area contributed by atoms with Crippen molar-refractivity contribution in [3.63, 3.8) is 0 Å². The molecule has 1 heterocycles. The van der Waals surface area contributed by atoms with Gasteiger partial charge in [0.25, 0.3) is 0 Å². The van der Waals surface area contributed by atoms with Crippen LogP contribution in [0.4, 0.5) is 0 Å². The Morgan fingerprint density at radius 3 is 2.25 bits per heavy atom. The topological polar surface area (TPSA) is 49.4 Å². The van der Waals surface area contributed by atoms with E-state index in [0.717, 1.165) is 19.6 Å². The highest BCUT2D eigenvalue weighted by Crippen LogP contribution is 2.42. The zero-order valence-corrected chi connectivity index (χ0v) is 13.5. The smallest absolute Gasteiger partial charge is 0.148 e. The van der Waals surface area contributed by atoms with Crippen molar-refractivity contribution in [2.24, 2.45) is 0 Å². The molecule has 2 saturated carbocycles. The normalized spacial score (nSPS) is 29.4. The van der Waals surface area contributed by atoms with Crippen LogP contribution in [0, 0.1) is 0 Å². The van der Waals surface area contributed by atoms with Crippen molar-refractivity contribution in [3.8, 4) is 0 Å². The fraction of sp³-hybridized carbons (Fsp3) is 1.00. The molecule has 2 aliphatic carbocycles. The summed E-state index contributed by atoms with van der Waals surface area (Å²) in [7, 11) is -2.87. The van der Waals surface area contributed by atoms with Crippen LogP contribution in [0.2, 0.25) is 0 Å². The van der Waals surface area contributed by atoms with Gasteiger partial charge in [-0.05, 0) is 25.7 Å². The lowest BCUT2D eigenvalue weighted by atomic mass is 9.84. The lowest BCUT2D eigenvalue weighted by Gasteiger charge is -2.52. The lowest BCUT2D eigenvalue weighted by molar-refractivity contribution is 0.0142. The van der Waals surface area contributed by atoms with Crippen molar-refractivity contribution < 1.29 is 8.42 Å². The molecule has 1 N–H and O–H groups in total. The van der Waals surface area contributed by atoms with Gasteiger partial charge in [0, 0.05) is 37.0 Å². The second-order valence-corrected chi connectivity index (χ2v) is 9.58. The first kappa shape index (κ1) is 14.8. The molecule has 4 nitrogen and oxygen atoms in total. The van der Waals surface area contributed by atoms with Crippen LogP contribution in [0.15, 0.2) is 0 Å². The molecule has 3 fully saturated rings. The maximum atomic E-state index is 11.5. The molecule has 0 radical (unpaired) electrons. The van der Waals surface area contributed by atoms with Gasteiger partial charge >= 0.3 is 0 Å². The maximum absolute atomic E-state index is 11.5. The van der Waals surface area contributed by atoms with Crippen LogP contribution < -0.4 is 5.32 Å². The summed E-state index contributed by atoms with van der Waals surface area (Å²) in [4.78, 5) is 2.54. The van der Waals surface area contributed by atoms with Gasteiger partial charge in [-0.25, -0.2) is 8.42 Å². The van der Waals surface area contributed by atoms with E-state index in [1.54, 1.807) is 0 Å². The second-order valence-electron chi connectivity index (χ2n) is 7.32. The highest BCUT2D eigenvalue weighted by Gasteiger charge is 2.49. The first-order valence-corrected chi connectivity index (χ1v) is 10.2. The first-order chi connectivity index (χ1) is 9.43. The SMILES string of the molecule is CS(=O)(=O)CCN1CC2(CCCC2)NCC12CCCC2. The van der Waals surface area contributed by atoms with E-state index < -0.39 is 9.84 Å². The van der Waals surface area contributed by atoms with Crippen LogP contribution in [0.1, 0.15) is 51.4 Å². The largest absolute Gasteiger partial charge is 0.308 e. The molecule has 116 valence electrons. The van der Waals surface area contributed by atoms with Crippen molar-refractivity contribution in [2.45, 2.75) is 62.4 Å². The third kappa shape index (κ3) is 2.90. The molecule has 0 aromatic heterocycles. The first-order valence-electron chi connectivity index (χ1n) is 8.11. The van der Waals surface area contributed by atoms with E-state index in [2.05, 4.69) is 10.2 Å². The van der Waals surface area contributed by atoms with Crippen molar-refractivity contribution in [2.75, 3.05) is 31.6 Å². The summed E-state index contributed by atoms with van der Waals surface area (Å²) in [6.45, 7) is 2.85. The van der Waals surface area contributed by atoms with E-state index in [1.807, 2.05) is 0 Å². The average molecular weight is 300 g/mol. The molecule has 0 unspecified atom stereocenters. The Morgan fingerprint density at radius 1 is 1.05 bits per heavy atom. The molecule has 5 heteroatoms. The van der Waals surface area contributed by atoms with Gasteiger partial charge in [-0.2, -0.15) is 0 Å². The predicted octanol–water partition coefficient (Wildman–Crippen LogP) is 1.56. The summed E-state index contributed by atoms with van der Waals surface area (Å²) in [5.74, 6) is 0.310. The minimum absolute atomic E-state index is 0.249. The monoisotopic (exact) mass is 300 g/mol. The number of rotatable bonds is 3. The number of hydrogen-bond donors (Lipinski definition) is 1. The molecule has 0 aromatic rings. The fourth-order valence-corrected chi connectivity index (χ4v) is 5.11. The van der Waals surface area contributed by atoms with E-state index in [0.29, 0.717) is 5.75 Å². The highest BCUT2D eigenvalue weighted by atomic mass is 32.2. The predicted molar refractivity (Wildman–Crippen MR) is 81.7 cm³/mol. The number of piperazine rings is 1. The Morgan fingerprint density at radius 2 is 1.65 bits per heavy atom. The molecule has 3 rings (SSSR count). The molecular formula is C15H28N2O2S. The number of sulfone groups is 1. The summed E-state index contributed by atoms with van der Waals surface area (Å²) >= 11 is 0. The van der Waals surface area contributed by atoms with Crippen molar-refractivity contribution in [1.29, 1.82) is 0 Å². The molecule has 1 aliphatic heterocycles. The third-order valence-corrected chi connectivity index (χ3v) is 6.71. The fourth-order valence-electron chi connectivity index (χ4n) is 4.56. The molecule has 20 heavy (non-hydrogen) atoms. The maximum Gasteiger partial charge on any atom is 0.148 e. The zero-order chi connectivity index (χ0) is 14.3. The molecule has 0 amide bonds. The van der Waals surface area contributed by atoms with Crippen LogP contribution in [0.3, 0.4) is 0 Å². The quantitative estimate of drug-likeness (QED) is 0.859. The summed E-state index contributed by atoms with van der Waals surface area (Å²) < 4.78 is 23.1. The Bertz CT molecular complexity index is 448. The van der Waals surface area contributed by atoms with Crippen LogP contribution >= 0.6 is 0 Å². The summed E-state index contributed by atoms with van der Waals surface area (Å²) in [5, 5.41) is 3.86. The third-order valence-electron chi connectivity index (χ3n) is 5.78. The molecule has 1 saturated heterocycles. The van der Waals surface area contributed by atoms with Crippen molar-refractivity contribution in [3.05, 3.63) is 0 Å². The van der Waals surface area contributed by atoms with E-state index in [9.17, 15) is 8.42 Å². The van der Waals surface area contributed by atoms with Gasteiger partial charge in [-0.3, -0.25) is 4.90 Å². The van der Waals surface area contributed by atoms with Gasteiger partial charge in [0.1, 0.15) is 9.84 Å². The van der Waals surface area contributed by atoms with Gasteiger partial charge < -0.3 is 5.32 Å². The average Bonchev–Trinajstić information content (AvgIpc) is 3.00. The summed E-state index contributed by atoms with van der Waals surface area (Å²) in [6, 6.07) is 0.